The summed E-state index contributed by atoms with van der Waals surface area (Å²) in [7, 11) is 1.63. The number of benzene rings is 3. The second-order valence-electron chi connectivity index (χ2n) is 7.79. The number of nitrogens with one attached hydrogen (secondary N) is 1. The maximum absolute atomic E-state index is 13.4. The number of amides is 1. The number of phenolic OH excluding ortho intramolecular Hbond substituents is 1. The standard InChI is InChI=1S/C26H23N3O3/c1-32-19-11-7-10-18(16-19)25-22-23(20-12-5-6-13-21(20)30)27-28-24(22)26(31)29(25)15-14-17-8-3-2-4-9-17/h2-13,16,25,30H,14-15H2,1H3,(H,27,28)/t25-/m0/s1. The van der Waals surface area contributed by atoms with Gasteiger partial charge in [-0.15, -0.1) is 0 Å². The summed E-state index contributed by atoms with van der Waals surface area (Å²) in [6, 6.07) is 24.6. The average Bonchev–Trinajstić information content (AvgIpc) is 3.37. The van der Waals surface area contributed by atoms with Crippen LogP contribution in [0.25, 0.3) is 11.3 Å². The minimum absolute atomic E-state index is 0.0991. The summed E-state index contributed by atoms with van der Waals surface area (Å²) in [5, 5.41) is 17.8. The third-order valence-corrected chi connectivity index (χ3v) is 5.92. The molecule has 0 radical (unpaired) electrons. The van der Waals surface area contributed by atoms with Crippen molar-refractivity contribution >= 4 is 5.91 Å². The van der Waals surface area contributed by atoms with Gasteiger partial charge in [0, 0.05) is 17.7 Å². The van der Waals surface area contributed by atoms with Crippen molar-refractivity contribution in [3.63, 3.8) is 0 Å². The lowest BCUT2D eigenvalue weighted by molar-refractivity contribution is 0.0746. The number of para-hydroxylation sites is 1. The number of aromatic amines is 1. The lowest BCUT2D eigenvalue weighted by Crippen LogP contribution is -2.31. The molecule has 6 heteroatoms. The van der Waals surface area contributed by atoms with Crippen LogP contribution in [0.2, 0.25) is 0 Å². The first-order valence-corrected chi connectivity index (χ1v) is 10.5. The molecule has 0 saturated heterocycles. The van der Waals surface area contributed by atoms with Crippen molar-refractivity contribution in [3.8, 4) is 22.8 Å². The minimum Gasteiger partial charge on any atom is -0.507 e. The van der Waals surface area contributed by atoms with E-state index in [2.05, 4.69) is 22.3 Å². The SMILES string of the molecule is COc1cccc([C@H]2c3c(-c4ccccc4O)n[nH]c3C(=O)N2CCc2ccccc2)c1. The van der Waals surface area contributed by atoms with Gasteiger partial charge in [0.15, 0.2) is 0 Å². The highest BCUT2D eigenvalue weighted by Gasteiger charge is 2.42. The van der Waals surface area contributed by atoms with Crippen LogP contribution in [-0.4, -0.2) is 39.8 Å². The van der Waals surface area contributed by atoms with E-state index in [0.29, 0.717) is 23.5 Å². The number of hydrogen-bond acceptors (Lipinski definition) is 4. The van der Waals surface area contributed by atoms with Crippen LogP contribution < -0.4 is 4.74 Å². The van der Waals surface area contributed by atoms with E-state index in [1.54, 1.807) is 19.2 Å². The number of aromatic nitrogens is 2. The molecule has 3 aromatic carbocycles. The van der Waals surface area contributed by atoms with E-state index in [0.717, 1.165) is 23.3 Å². The summed E-state index contributed by atoms with van der Waals surface area (Å²) in [6.45, 7) is 0.549. The number of fused-ring (bicyclic) bond motifs is 1. The van der Waals surface area contributed by atoms with Gasteiger partial charge in [-0.3, -0.25) is 9.89 Å². The molecule has 0 aliphatic carbocycles. The molecule has 2 N–H and O–H groups in total. The van der Waals surface area contributed by atoms with Gasteiger partial charge in [-0.1, -0.05) is 54.6 Å². The number of methoxy groups -OCH3 is 1. The first-order chi connectivity index (χ1) is 15.7. The summed E-state index contributed by atoms with van der Waals surface area (Å²) in [4.78, 5) is 15.3. The van der Waals surface area contributed by atoms with Gasteiger partial charge in [0.05, 0.1) is 13.2 Å². The van der Waals surface area contributed by atoms with Gasteiger partial charge in [0.25, 0.3) is 5.91 Å². The summed E-state index contributed by atoms with van der Waals surface area (Å²) in [6.07, 6.45) is 0.733. The summed E-state index contributed by atoms with van der Waals surface area (Å²) in [5.74, 6) is 0.748. The smallest absolute Gasteiger partial charge is 0.273 e. The van der Waals surface area contributed by atoms with E-state index in [4.69, 9.17) is 4.74 Å². The predicted molar refractivity (Wildman–Crippen MR) is 122 cm³/mol. The van der Waals surface area contributed by atoms with Crippen molar-refractivity contribution < 1.29 is 14.6 Å². The molecule has 5 rings (SSSR count). The van der Waals surface area contributed by atoms with Crippen LogP contribution in [0, 0.1) is 0 Å². The topological polar surface area (TPSA) is 78.5 Å². The number of phenols is 1. The third-order valence-electron chi connectivity index (χ3n) is 5.92. The van der Waals surface area contributed by atoms with E-state index < -0.39 is 0 Å². The maximum Gasteiger partial charge on any atom is 0.273 e. The molecule has 4 aromatic rings. The van der Waals surface area contributed by atoms with E-state index in [-0.39, 0.29) is 17.7 Å². The first kappa shape index (κ1) is 19.9. The Hall–Kier alpha value is -4.06. The van der Waals surface area contributed by atoms with Crippen molar-refractivity contribution in [3.05, 3.63) is 101 Å². The second kappa shape index (κ2) is 8.23. The van der Waals surface area contributed by atoms with Crippen molar-refractivity contribution in [1.29, 1.82) is 0 Å². The Morgan fingerprint density at radius 3 is 2.59 bits per heavy atom. The fraction of sp³-hybridized carbons (Fsp3) is 0.154. The third kappa shape index (κ3) is 3.39. The van der Waals surface area contributed by atoms with Gasteiger partial charge in [-0.05, 0) is 41.8 Å². The van der Waals surface area contributed by atoms with Crippen molar-refractivity contribution in [2.75, 3.05) is 13.7 Å². The number of hydrogen-bond donors (Lipinski definition) is 2. The number of nitrogens with zero attached hydrogens (tertiary/aromatic N) is 2. The number of rotatable bonds is 6. The van der Waals surface area contributed by atoms with Crippen molar-refractivity contribution in [2.24, 2.45) is 0 Å². The first-order valence-electron chi connectivity index (χ1n) is 10.5. The molecule has 0 unspecified atom stereocenters. The zero-order valence-electron chi connectivity index (χ0n) is 17.7. The zero-order chi connectivity index (χ0) is 22.1. The Morgan fingerprint density at radius 1 is 1.03 bits per heavy atom. The molecule has 160 valence electrons. The fourth-order valence-electron chi connectivity index (χ4n) is 4.36. The molecule has 1 aliphatic heterocycles. The van der Waals surface area contributed by atoms with E-state index >= 15 is 0 Å². The van der Waals surface area contributed by atoms with Crippen LogP contribution in [-0.2, 0) is 6.42 Å². The van der Waals surface area contributed by atoms with Crippen LogP contribution in [0.5, 0.6) is 11.5 Å². The largest absolute Gasteiger partial charge is 0.507 e. The highest BCUT2D eigenvalue weighted by molar-refractivity contribution is 6.00. The molecule has 0 fully saturated rings. The molecule has 6 nitrogen and oxygen atoms in total. The number of aromatic hydroxyl groups is 1. The molecule has 1 aromatic heterocycles. The summed E-state index contributed by atoms with van der Waals surface area (Å²) in [5.41, 5.74) is 4.51. The number of H-pyrrole nitrogens is 1. The number of carbonyl (C=O) groups is 1. The molecule has 1 atom stereocenters. The Labute approximate surface area is 186 Å². The van der Waals surface area contributed by atoms with Crippen LogP contribution >= 0.6 is 0 Å². The highest BCUT2D eigenvalue weighted by atomic mass is 16.5. The Morgan fingerprint density at radius 2 is 1.81 bits per heavy atom. The quantitative estimate of drug-likeness (QED) is 0.474. The zero-order valence-corrected chi connectivity index (χ0v) is 17.7. The molecule has 32 heavy (non-hydrogen) atoms. The Bertz CT molecular complexity index is 1270. The van der Waals surface area contributed by atoms with Crippen LogP contribution in [0.1, 0.15) is 33.2 Å². The van der Waals surface area contributed by atoms with Gasteiger partial charge < -0.3 is 14.7 Å². The van der Waals surface area contributed by atoms with E-state index in [9.17, 15) is 9.90 Å². The fourth-order valence-corrected chi connectivity index (χ4v) is 4.36. The molecule has 0 bridgehead atoms. The van der Waals surface area contributed by atoms with Crippen molar-refractivity contribution in [1.82, 2.24) is 15.1 Å². The lowest BCUT2D eigenvalue weighted by atomic mass is 9.95. The average molecular weight is 425 g/mol. The predicted octanol–water partition coefficient (Wildman–Crippen LogP) is 4.58. The highest BCUT2D eigenvalue weighted by Crippen LogP contribution is 2.44. The molecular formula is C26H23N3O3. The molecule has 2 heterocycles. The van der Waals surface area contributed by atoms with Gasteiger partial charge in [0.2, 0.25) is 0 Å². The molecule has 0 spiro atoms. The maximum atomic E-state index is 13.4. The van der Waals surface area contributed by atoms with Gasteiger partial charge >= 0.3 is 0 Å². The van der Waals surface area contributed by atoms with Gasteiger partial charge in [0.1, 0.15) is 22.9 Å². The van der Waals surface area contributed by atoms with E-state index in [1.165, 1.54) is 5.56 Å². The molecule has 1 aliphatic rings. The van der Waals surface area contributed by atoms with Crippen LogP contribution in [0.4, 0.5) is 0 Å². The molecule has 0 saturated carbocycles. The molecule has 1 amide bonds. The van der Waals surface area contributed by atoms with Crippen LogP contribution in [0.3, 0.4) is 0 Å². The van der Waals surface area contributed by atoms with Gasteiger partial charge in [-0.25, -0.2) is 0 Å². The minimum atomic E-state index is -0.343. The number of ether oxygens (including phenoxy) is 1. The van der Waals surface area contributed by atoms with E-state index in [1.807, 2.05) is 59.5 Å². The molecular weight excluding hydrogens is 402 g/mol. The monoisotopic (exact) mass is 425 g/mol. The van der Waals surface area contributed by atoms with Crippen molar-refractivity contribution in [2.45, 2.75) is 12.5 Å². The Kier molecular flexibility index (Phi) is 5.11. The second-order valence-corrected chi connectivity index (χ2v) is 7.79. The summed E-state index contributed by atoms with van der Waals surface area (Å²) < 4.78 is 5.44. The summed E-state index contributed by atoms with van der Waals surface area (Å²) >= 11 is 0. The van der Waals surface area contributed by atoms with Crippen LogP contribution in [0.15, 0.2) is 78.9 Å². The Balaban J connectivity index is 1.61. The lowest BCUT2D eigenvalue weighted by Gasteiger charge is -2.27. The number of carbonyl (C=O) groups excluding carboxylic acids is 1. The normalized spacial score (nSPS) is 15.1. The van der Waals surface area contributed by atoms with Gasteiger partial charge in [-0.2, -0.15) is 5.10 Å².